The van der Waals surface area contributed by atoms with Gasteiger partial charge in [-0.2, -0.15) is 0 Å². The van der Waals surface area contributed by atoms with Crippen LogP contribution >= 0.6 is 0 Å². The quantitative estimate of drug-likeness (QED) is 0.601. The van der Waals surface area contributed by atoms with Crippen molar-refractivity contribution in [2.24, 2.45) is 5.92 Å². The van der Waals surface area contributed by atoms with Gasteiger partial charge in [-0.3, -0.25) is 0 Å². The summed E-state index contributed by atoms with van der Waals surface area (Å²) in [5.74, 6) is 0.882. The molecule has 0 aliphatic carbocycles. The van der Waals surface area contributed by atoms with Gasteiger partial charge in [0, 0.05) is 7.47 Å². The fraction of sp³-hybridized carbons (Fsp3) is 1.00. The normalized spacial score (nSPS) is 30.7. The molecule has 1 nitrogen and oxygen atoms in total. The first-order chi connectivity index (χ1) is 4.34. The average molecular weight is 129 g/mol. The lowest BCUT2D eigenvalue weighted by Gasteiger charge is -2.16. The number of nitrogens with one attached hydrogen (secondary N) is 1. The molecule has 0 aromatic carbocycles. The van der Waals surface area contributed by atoms with Crippen molar-refractivity contribution in [1.29, 1.82) is 0 Å². The molecule has 1 saturated heterocycles. The highest BCUT2D eigenvalue weighted by atomic mass is 14.9. The fourth-order valence-electron chi connectivity index (χ4n) is 1.48. The summed E-state index contributed by atoms with van der Waals surface area (Å²) in [5, 5.41) is 3.51. The minimum atomic E-state index is 0. The Morgan fingerprint density at radius 2 is 2.56 bits per heavy atom. The second-order valence-corrected chi connectivity index (χ2v) is 3.09. The van der Waals surface area contributed by atoms with Gasteiger partial charge in [0.1, 0.15) is 0 Å². The van der Waals surface area contributed by atoms with Crippen LogP contribution in [0.1, 0.15) is 34.5 Å². The van der Waals surface area contributed by atoms with Crippen molar-refractivity contribution in [2.45, 2.75) is 39.2 Å². The van der Waals surface area contributed by atoms with Crippen molar-refractivity contribution in [1.82, 2.24) is 5.32 Å². The highest BCUT2D eigenvalue weighted by molar-refractivity contribution is 4.77. The molecule has 1 N–H and O–H groups in total. The number of rotatable bonds is 2. The molecular formula is C8H19N. The lowest BCUT2D eigenvalue weighted by atomic mass is 9.98. The minimum Gasteiger partial charge on any atom is -0.314 e. The third kappa shape index (κ3) is 1.68. The van der Waals surface area contributed by atoms with Crippen LogP contribution in [-0.4, -0.2) is 12.6 Å². The fourth-order valence-corrected chi connectivity index (χ4v) is 1.48. The molecule has 2 atom stereocenters. The summed E-state index contributed by atoms with van der Waals surface area (Å²) in [7, 11) is 0. The molecule has 1 fully saturated rings. The first-order valence-corrected chi connectivity index (χ1v) is 4.08. The summed E-state index contributed by atoms with van der Waals surface area (Å²) in [6.45, 7) is 5.85. The van der Waals surface area contributed by atoms with E-state index >= 15 is 0 Å². The van der Waals surface area contributed by atoms with Crippen LogP contribution in [0.15, 0.2) is 0 Å². The summed E-state index contributed by atoms with van der Waals surface area (Å²) >= 11 is 0. The van der Waals surface area contributed by atoms with Crippen LogP contribution in [0.5, 0.6) is 0 Å². The molecule has 0 bridgehead atoms. The van der Waals surface area contributed by atoms with E-state index in [0.717, 1.165) is 12.0 Å². The third-order valence-electron chi connectivity index (χ3n) is 2.43. The third-order valence-corrected chi connectivity index (χ3v) is 2.43. The Balaban J connectivity index is 0.000000810. The zero-order valence-electron chi connectivity index (χ0n) is 6.48. The molecule has 0 saturated carbocycles. The highest BCUT2D eigenvalue weighted by Crippen LogP contribution is 2.16. The van der Waals surface area contributed by atoms with Crippen molar-refractivity contribution in [3.63, 3.8) is 0 Å². The molecule has 1 aliphatic rings. The van der Waals surface area contributed by atoms with Gasteiger partial charge in [-0.25, -0.2) is 0 Å². The summed E-state index contributed by atoms with van der Waals surface area (Å²) in [6.07, 6.45) is 4.10. The lowest BCUT2D eigenvalue weighted by Crippen LogP contribution is -2.27. The van der Waals surface area contributed by atoms with Crippen LogP contribution in [0.4, 0.5) is 0 Å². The molecule has 1 rings (SSSR count). The smallest absolute Gasteiger partial charge is 0.00930 e. The molecule has 0 spiro atoms. The summed E-state index contributed by atoms with van der Waals surface area (Å²) in [6, 6.07) is 0.829. The zero-order chi connectivity index (χ0) is 6.69. The SMILES string of the molecule is CCC(C)[C@H]1CCCN1.[HH]. The van der Waals surface area contributed by atoms with E-state index in [4.69, 9.17) is 0 Å². The van der Waals surface area contributed by atoms with Crippen LogP contribution < -0.4 is 5.32 Å². The number of hydrogen-bond acceptors (Lipinski definition) is 1. The van der Waals surface area contributed by atoms with Gasteiger partial charge >= 0.3 is 0 Å². The Hall–Kier alpha value is -0.0400. The average Bonchev–Trinajstić information content (AvgIpc) is 2.37. The summed E-state index contributed by atoms with van der Waals surface area (Å²) < 4.78 is 0. The predicted molar refractivity (Wildman–Crippen MR) is 42.6 cm³/mol. The van der Waals surface area contributed by atoms with Gasteiger partial charge in [0.2, 0.25) is 0 Å². The van der Waals surface area contributed by atoms with Crippen LogP contribution in [-0.2, 0) is 0 Å². The Morgan fingerprint density at radius 1 is 1.78 bits per heavy atom. The first-order valence-electron chi connectivity index (χ1n) is 4.08. The molecule has 0 aromatic rings. The molecular weight excluding hydrogens is 110 g/mol. The van der Waals surface area contributed by atoms with Crippen LogP contribution in [0, 0.1) is 5.92 Å². The molecule has 1 unspecified atom stereocenters. The zero-order valence-corrected chi connectivity index (χ0v) is 6.48. The second kappa shape index (κ2) is 3.21. The van der Waals surface area contributed by atoms with Crippen LogP contribution in [0.2, 0.25) is 0 Å². The van der Waals surface area contributed by atoms with Crippen molar-refractivity contribution in [3.8, 4) is 0 Å². The molecule has 0 amide bonds. The van der Waals surface area contributed by atoms with E-state index in [-0.39, 0.29) is 1.43 Å². The molecule has 1 aliphatic heterocycles. The Morgan fingerprint density at radius 3 is 3.00 bits per heavy atom. The first kappa shape index (κ1) is 7.07. The standard InChI is InChI=1S/C8H17N.H2/c1-3-7(2)8-5-4-6-9-8;/h7-9H,3-6H2,1-2H3;1H/t7?,8-;/m1./s1. The molecule has 1 heteroatoms. The van der Waals surface area contributed by atoms with E-state index in [1.165, 1.54) is 25.8 Å². The summed E-state index contributed by atoms with van der Waals surface area (Å²) in [5.41, 5.74) is 0. The van der Waals surface area contributed by atoms with E-state index in [0.29, 0.717) is 0 Å². The van der Waals surface area contributed by atoms with Gasteiger partial charge in [0.15, 0.2) is 0 Å². The molecule has 0 radical (unpaired) electrons. The van der Waals surface area contributed by atoms with Crippen molar-refractivity contribution >= 4 is 0 Å². The molecule has 1 heterocycles. The van der Waals surface area contributed by atoms with Gasteiger partial charge in [-0.15, -0.1) is 0 Å². The Bertz CT molecular complexity index is 79.3. The monoisotopic (exact) mass is 129 g/mol. The van der Waals surface area contributed by atoms with Gasteiger partial charge in [0.05, 0.1) is 0 Å². The Labute approximate surface area is 59.3 Å². The maximum Gasteiger partial charge on any atom is 0.00930 e. The van der Waals surface area contributed by atoms with Crippen molar-refractivity contribution in [2.75, 3.05) is 6.54 Å². The molecule has 56 valence electrons. The van der Waals surface area contributed by atoms with Gasteiger partial charge in [0.25, 0.3) is 0 Å². The predicted octanol–water partition coefficient (Wildman–Crippen LogP) is 2.03. The topological polar surface area (TPSA) is 12.0 Å². The second-order valence-electron chi connectivity index (χ2n) is 3.09. The maximum absolute atomic E-state index is 3.51. The van der Waals surface area contributed by atoms with E-state index in [1.807, 2.05) is 0 Å². The summed E-state index contributed by atoms with van der Waals surface area (Å²) in [4.78, 5) is 0. The maximum atomic E-state index is 3.51. The van der Waals surface area contributed by atoms with Gasteiger partial charge < -0.3 is 5.32 Å². The van der Waals surface area contributed by atoms with Crippen LogP contribution in [0.3, 0.4) is 0 Å². The van der Waals surface area contributed by atoms with E-state index < -0.39 is 0 Å². The van der Waals surface area contributed by atoms with Crippen LogP contribution in [0.25, 0.3) is 0 Å². The molecule has 0 aromatic heterocycles. The van der Waals surface area contributed by atoms with Crippen molar-refractivity contribution in [3.05, 3.63) is 0 Å². The van der Waals surface area contributed by atoms with Gasteiger partial charge in [-0.1, -0.05) is 20.3 Å². The molecule has 9 heavy (non-hydrogen) atoms. The van der Waals surface area contributed by atoms with Gasteiger partial charge in [-0.05, 0) is 25.3 Å². The lowest BCUT2D eigenvalue weighted by molar-refractivity contribution is 0.409. The highest BCUT2D eigenvalue weighted by Gasteiger charge is 2.18. The van der Waals surface area contributed by atoms with E-state index in [9.17, 15) is 0 Å². The van der Waals surface area contributed by atoms with Crippen molar-refractivity contribution < 1.29 is 1.43 Å². The minimum absolute atomic E-state index is 0. The Kier molecular flexibility index (Phi) is 2.52. The largest absolute Gasteiger partial charge is 0.314 e. The van der Waals surface area contributed by atoms with E-state index in [1.54, 1.807) is 0 Å². The van der Waals surface area contributed by atoms with E-state index in [2.05, 4.69) is 19.2 Å². The number of hydrogen-bond donors (Lipinski definition) is 1.